The molecule has 2 amide bonds. The van der Waals surface area contributed by atoms with Gasteiger partial charge in [0.25, 0.3) is 0 Å². The van der Waals surface area contributed by atoms with Crippen LogP contribution >= 0.6 is 15.9 Å². The molecule has 1 unspecified atom stereocenters. The van der Waals surface area contributed by atoms with E-state index in [4.69, 9.17) is 9.84 Å². The summed E-state index contributed by atoms with van der Waals surface area (Å²) in [5, 5.41) is 14.3. The average Bonchev–Trinajstić information content (AvgIpc) is 2.40. The minimum atomic E-state index is -1.02. The molecule has 0 saturated carbocycles. The number of carbonyl (C=O) groups is 2. The normalized spacial score (nSPS) is 11.8. The molecular formula is C13H17BrN2O4. The van der Waals surface area contributed by atoms with E-state index in [0.29, 0.717) is 16.8 Å². The van der Waals surface area contributed by atoms with Crippen LogP contribution in [-0.2, 0) is 4.74 Å². The molecule has 0 aliphatic carbocycles. The number of anilines is 1. The van der Waals surface area contributed by atoms with Gasteiger partial charge in [-0.1, -0.05) is 6.92 Å². The Kier molecular flexibility index (Phi) is 6.47. The number of hydrogen-bond acceptors (Lipinski definition) is 3. The first-order chi connectivity index (χ1) is 9.47. The second-order valence-corrected chi connectivity index (χ2v) is 5.01. The minimum absolute atomic E-state index is 0.0722. The van der Waals surface area contributed by atoms with Crippen molar-refractivity contribution in [2.24, 2.45) is 0 Å². The van der Waals surface area contributed by atoms with Crippen molar-refractivity contribution in [1.82, 2.24) is 5.32 Å². The van der Waals surface area contributed by atoms with E-state index in [-0.39, 0.29) is 17.6 Å². The Morgan fingerprint density at radius 3 is 2.65 bits per heavy atom. The van der Waals surface area contributed by atoms with Crippen molar-refractivity contribution in [2.45, 2.75) is 19.4 Å². The summed E-state index contributed by atoms with van der Waals surface area (Å²) in [6, 6.07) is 3.96. The lowest BCUT2D eigenvalue weighted by atomic mass is 10.2. The van der Waals surface area contributed by atoms with Gasteiger partial charge in [0, 0.05) is 11.6 Å². The molecule has 0 saturated heterocycles. The number of urea groups is 1. The number of carboxylic acid groups (broad SMARTS) is 1. The molecule has 0 radical (unpaired) electrons. The molecule has 7 heteroatoms. The Morgan fingerprint density at radius 1 is 1.45 bits per heavy atom. The fraction of sp³-hybridized carbons (Fsp3) is 0.385. The molecule has 0 bridgehead atoms. The highest BCUT2D eigenvalue weighted by Crippen LogP contribution is 2.23. The van der Waals surface area contributed by atoms with Crippen LogP contribution < -0.4 is 10.6 Å². The number of benzene rings is 1. The minimum Gasteiger partial charge on any atom is -0.478 e. The molecule has 0 heterocycles. The van der Waals surface area contributed by atoms with Gasteiger partial charge in [-0.2, -0.15) is 0 Å². The summed E-state index contributed by atoms with van der Waals surface area (Å²) < 4.78 is 5.50. The number of nitrogens with one attached hydrogen (secondary N) is 2. The lowest BCUT2D eigenvalue weighted by Crippen LogP contribution is -2.40. The molecular weight excluding hydrogens is 328 g/mol. The van der Waals surface area contributed by atoms with E-state index in [1.54, 1.807) is 7.11 Å². The van der Waals surface area contributed by atoms with Crippen LogP contribution in [0.15, 0.2) is 22.7 Å². The molecule has 110 valence electrons. The van der Waals surface area contributed by atoms with Crippen LogP contribution in [0.1, 0.15) is 23.7 Å². The van der Waals surface area contributed by atoms with E-state index < -0.39 is 5.97 Å². The first-order valence-electron chi connectivity index (χ1n) is 6.07. The van der Waals surface area contributed by atoms with E-state index in [0.717, 1.165) is 6.42 Å². The third kappa shape index (κ3) is 4.82. The third-order valence-electron chi connectivity index (χ3n) is 2.66. The largest absolute Gasteiger partial charge is 0.478 e. The standard InChI is InChI=1S/C13H17BrN2O4/c1-3-9(7-20-2)15-13(19)16-11-5-4-8(12(17)18)6-10(11)14/h4-6,9H,3,7H2,1-2H3,(H,17,18)(H2,15,16,19). The van der Waals surface area contributed by atoms with Gasteiger partial charge in [0.2, 0.25) is 0 Å². The SMILES string of the molecule is CCC(COC)NC(=O)Nc1ccc(C(=O)O)cc1Br. The lowest BCUT2D eigenvalue weighted by molar-refractivity contribution is 0.0697. The molecule has 0 aliphatic rings. The molecule has 0 aromatic heterocycles. The maximum atomic E-state index is 11.8. The van der Waals surface area contributed by atoms with E-state index in [1.807, 2.05) is 6.92 Å². The molecule has 0 spiro atoms. The molecule has 3 N–H and O–H groups in total. The number of hydrogen-bond donors (Lipinski definition) is 3. The fourth-order valence-corrected chi connectivity index (χ4v) is 2.03. The predicted molar refractivity (Wildman–Crippen MR) is 79.2 cm³/mol. The zero-order valence-corrected chi connectivity index (χ0v) is 12.9. The highest BCUT2D eigenvalue weighted by molar-refractivity contribution is 9.10. The summed E-state index contributed by atoms with van der Waals surface area (Å²) in [6.07, 6.45) is 0.750. The number of halogens is 1. The lowest BCUT2D eigenvalue weighted by Gasteiger charge is -2.17. The Hall–Kier alpha value is -1.60. The second kappa shape index (κ2) is 7.86. The summed E-state index contributed by atoms with van der Waals surface area (Å²) in [5.41, 5.74) is 0.647. The number of carbonyl (C=O) groups excluding carboxylic acids is 1. The number of amides is 2. The summed E-state index contributed by atoms with van der Waals surface area (Å²) in [7, 11) is 1.57. The van der Waals surface area contributed by atoms with Crippen molar-refractivity contribution in [3.8, 4) is 0 Å². The third-order valence-corrected chi connectivity index (χ3v) is 3.32. The molecule has 1 aromatic rings. The van der Waals surface area contributed by atoms with Gasteiger partial charge in [-0.15, -0.1) is 0 Å². The highest BCUT2D eigenvalue weighted by atomic mass is 79.9. The van der Waals surface area contributed by atoms with Crippen LogP contribution in [-0.4, -0.2) is 36.9 Å². The van der Waals surface area contributed by atoms with Crippen molar-refractivity contribution in [3.05, 3.63) is 28.2 Å². The monoisotopic (exact) mass is 344 g/mol. The maximum absolute atomic E-state index is 11.8. The van der Waals surface area contributed by atoms with Gasteiger partial charge in [0.05, 0.1) is 23.9 Å². The fourth-order valence-electron chi connectivity index (χ4n) is 1.56. The second-order valence-electron chi connectivity index (χ2n) is 4.16. The Labute approximate surface area is 125 Å². The molecule has 0 fully saturated rings. The van der Waals surface area contributed by atoms with Gasteiger partial charge in [0.15, 0.2) is 0 Å². The number of carboxylic acids is 1. The van der Waals surface area contributed by atoms with Crippen molar-refractivity contribution >= 4 is 33.6 Å². The smallest absolute Gasteiger partial charge is 0.335 e. The molecule has 1 aromatic carbocycles. The van der Waals surface area contributed by atoms with E-state index >= 15 is 0 Å². The van der Waals surface area contributed by atoms with Crippen LogP contribution in [0, 0.1) is 0 Å². The van der Waals surface area contributed by atoms with Gasteiger partial charge in [-0.3, -0.25) is 0 Å². The predicted octanol–water partition coefficient (Wildman–Crippen LogP) is 2.69. The van der Waals surface area contributed by atoms with E-state index in [2.05, 4.69) is 26.6 Å². The van der Waals surface area contributed by atoms with Gasteiger partial charge >= 0.3 is 12.0 Å². The van der Waals surface area contributed by atoms with Crippen LogP contribution in [0.5, 0.6) is 0 Å². The molecule has 1 rings (SSSR count). The summed E-state index contributed by atoms with van der Waals surface area (Å²) in [5.74, 6) is -1.02. The van der Waals surface area contributed by atoms with Gasteiger partial charge in [-0.25, -0.2) is 9.59 Å². The summed E-state index contributed by atoms with van der Waals surface area (Å²) >= 11 is 3.23. The van der Waals surface area contributed by atoms with Crippen LogP contribution in [0.3, 0.4) is 0 Å². The van der Waals surface area contributed by atoms with Crippen molar-refractivity contribution in [3.63, 3.8) is 0 Å². The molecule has 1 atom stereocenters. The number of methoxy groups -OCH3 is 1. The van der Waals surface area contributed by atoms with Gasteiger partial charge in [0.1, 0.15) is 0 Å². The highest BCUT2D eigenvalue weighted by Gasteiger charge is 2.12. The van der Waals surface area contributed by atoms with Crippen LogP contribution in [0.25, 0.3) is 0 Å². The maximum Gasteiger partial charge on any atom is 0.335 e. The Bertz CT molecular complexity index is 493. The average molecular weight is 345 g/mol. The van der Waals surface area contributed by atoms with E-state index in [9.17, 15) is 9.59 Å². The zero-order chi connectivity index (χ0) is 15.1. The molecule has 20 heavy (non-hydrogen) atoms. The summed E-state index contributed by atoms with van der Waals surface area (Å²) in [6.45, 7) is 2.38. The number of aromatic carboxylic acids is 1. The van der Waals surface area contributed by atoms with E-state index in [1.165, 1.54) is 18.2 Å². The quantitative estimate of drug-likeness (QED) is 0.740. The topological polar surface area (TPSA) is 87.7 Å². The Balaban J connectivity index is 2.68. The van der Waals surface area contributed by atoms with Crippen molar-refractivity contribution in [2.75, 3.05) is 19.0 Å². The summed E-state index contributed by atoms with van der Waals surface area (Å²) in [4.78, 5) is 22.6. The van der Waals surface area contributed by atoms with Crippen molar-refractivity contribution < 1.29 is 19.4 Å². The van der Waals surface area contributed by atoms with Gasteiger partial charge in [-0.05, 0) is 40.5 Å². The zero-order valence-electron chi connectivity index (χ0n) is 11.3. The molecule has 6 nitrogen and oxygen atoms in total. The molecule has 0 aliphatic heterocycles. The van der Waals surface area contributed by atoms with Crippen LogP contribution in [0.2, 0.25) is 0 Å². The first kappa shape index (κ1) is 16.5. The van der Waals surface area contributed by atoms with Crippen LogP contribution in [0.4, 0.5) is 10.5 Å². The first-order valence-corrected chi connectivity index (χ1v) is 6.86. The number of rotatable bonds is 6. The van der Waals surface area contributed by atoms with Gasteiger partial charge < -0.3 is 20.5 Å². The Morgan fingerprint density at radius 2 is 2.15 bits per heavy atom. The van der Waals surface area contributed by atoms with Crippen molar-refractivity contribution in [1.29, 1.82) is 0 Å². The number of ether oxygens (including phenoxy) is 1.